The van der Waals surface area contributed by atoms with Gasteiger partial charge in [0.25, 0.3) is 0 Å². The number of ether oxygens (including phenoxy) is 2. The van der Waals surface area contributed by atoms with E-state index in [2.05, 4.69) is 12.2 Å². The molecule has 3 N–H and O–H groups in total. The highest BCUT2D eigenvalue weighted by atomic mass is 16.5. The molecule has 0 saturated carbocycles. The predicted octanol–water partition coefficient (Wildman–Crippen LogP) is 1.86. The average molecular weight is 238 g/mol. The highest BCUT2D eigenvalue weighted by molar-refractivity contribution is 5.57. The molecule has 0 amide bonds. The van der Waals surface area contributed by atoms with Gasteiger partial charge in [0, 0.05) is 25.8 Å². The van der Waals surface area contributed by atoms with Gasteiger partial charge in [-0.15, -0.1) is 0 Å². The van der Waals surface area contributed by atoms with E-state index >= 15 is 0 Å². The van der Waals surface area contributed by atoms with Gasteiger partial charge in [0.2, 0.25) is 0 Å². The van der Waals surface area contributed by atoms with Gasteiger partial charge in [-0.2, -0.15) is 0 Å². The summed E-state index contributed by atoms with van der Waals surface area (Å²) in [4.78, 5) is 0. The lowest BCUT2D eigenvalue weighted by Crippen LogP contribution is -2.43. The molecular weight excluding hydrogens is 216 g/mol. The fourth-order valence-corrected chi connectivity index (χ4v) is 1.62. The van der Waals surface area contributed by atoms with E-state index in [-0.39, 0.29) is 5.54 Å². The second kappa shape index (κ2) is 6.47. The quantitative estimate of drug-likeness (QED) is 0.761. The minimum absolute atomic E-state index is 0.190. The summed E-state index contributed by atoms with van der Waals surface area (Å²) < 4.78 is 10.4. The van der Waals surface area contributed by atoms with Gasteiger partial charge in [0.1, 0.15) is 5.75 Å². The molecule has 1 atom stereocenters. The highest BCUT2D eigenvalue weighted by Crippen LogP contribution is 2.27. The van der Waals surface area contributed by atoms with E-state index in [0.717, 1.165) is 17.9 Å². The van der Waals surface area contributed by atoms with Crippen molar-refractivity contribution in [3.63, 3.8) is 0 Å². The van der Waals surface area contributed by atoms with Crippen LogP contribution in [0.3, 0.4) is 0 Å². The predicted molar refractivity (Wildman–Crippen MR) is 70.6 cm³/mol. The number of benzene rings is 1. The van der Waals surface area contributed by atoms with Crippen LogP contribution >= 0.6 is 0 Å². The van der Waals surface area contributed by atoms with Gasteiger partial charge in [-0.25, -0.2) is 0 Å². The van der Waals surface area contributed by atoms with Gasteiger partial charge < -0.3 is 20.5 Å². The zero-order valence-electron chi connectivity index (χ0n) is 10.8. The number of para-hydroxylation sites is 2. The lowest BCUT2D eigenvalue weighted by molar-refractivity contribution is 0.177. The molecule has 1 rings (SSSR count). The molecule has 0 bridgehead atoms. The Labute approximate surface area is 103 Å². The summed E-state index contributed by atoms with van der Waals surface area (Å²) in [5, 5.41) is 3.43. The standard InChI is InChI=1S/C13H22N2O2/c1-13(10-14,8-9-16-2)15-11-6-4-5-7-12(11)17-3/h4-7,15H,8-10,14H2,1-3H3. The molecule has 0 radical (unpaired) electrons. The zero-order valence-corrected chi connectivity index (χ0v) is 10.8. The SMILES string of the molecule is COCCC(C)(CN)Nc1ccccc1OC. The molecule has 96 valence electrons. The molecule has 0 fully saturated rings. The molecule has 4 heteroatoms. The summed E-state index contributed by atoms with van der Waals surface area (Å²) >= 11 is 0. The lowest BCUT2D eigenvalue weighted by atomic mass is 9.98. The maximum atomic E-state index is 5.83. The number of methoxy groups -OCH3 is 2. The third kappa shape index (κ3) is 3.91. The van der Waals surface area contributed by atoms with E-state index < -0.39 is 0 Å². The Balaban J connectivity index is 2.79. The lowest BCUT2D eigenvalue weighted by Gasteiger charge is -2.31. The molecule has 1 unspecified atom stereocenters. The summed E-state index contributed by atoms with van der Waals surface area (Å²) in [5.41, 5.74) is 6.60. The first kappa shape index (κ1) is 13.8. The fraction of sp³-hybridized carbons (Fsp3) is 0.538. The van der Waals surface area contributed by atoms with E-state index in [1.54, 1.807) is 14.2 Å². The first-order valence-corrected chi connectivity index (χ1v) is 5.75. The maximum Gasteiger partial charge on any atom is 0.141 e. The molecular formula is C13H22N2O2. The van der Waals surface area contributed by atoms with Crippen LogP contribution in [0.4, 0.5) is 5.69 Å². The molecule has 0 aliphatic carbocycles. The molecule has 0 aliphatic heterocycles. The van der Waals surface area contributed by atoms with Crippen LogP contribution < -0.4 is 15.8 Å². The van der Waals surface area contributed by atoms with Crippen LogP contribution in [0.2, 0.25) is 0 Å². The number of nitrogens with two attached hydrogens (primary N) is 1. The smallest absolute Gasteiger partial charge is 0.141 e. The van der Waals surface area contributed by atoms with Crippen molar-refractivity contribution in [2.75, 3.05) is 32.7 Å². The Morgan fingerprint density at radius 2 is 2.00 bits per heavy atom. The fourth-order valence-electron chi connectivity index (χ4n) is 1.62. The van der Waals surface area contributed by atoms with Crippen LogP contribution in [0.1, 0.15) is 13.3 Å². The summed E-state index contributed by atoms with van der Waals surface area (Å²) in [6.45, 7) is 3.29. The Kier molecular flexibility index (Phi) is 5.25. The number of rotatable bonds is 7. The van der Waals surface area contributed by atoms with Gasteiger partial charge >= 0.3 is 0 Å². The molecule has 4 nitrogen and oxygen atoms in total. The van der Waals surface area contributed by atoms with Crippen molar-refractivity contribution in [3.05, 3.63) is 24.3 Å². The third-order valence-corrected chi connectivity index (χ3v) is 2.85. The van der Waals surface area contributed by atoms with Crippen LogP contribution in [0.25, 0.3) is 0 Å². The van der Waals surface area contributed by atoms with Crippen molar-refractivity contribution in [1.82, 2.24) is 0 Å². The molecule has 0 aliphatic rings. The minimum Gasteiger partial charge on any atom is -0.495 e. The summed E-state index contributed by atoms with van der Waals surface area (Å²) in [6.07, 6.45) is 0.845. The average Bonchev–Trinajstić information content (AvgIpc) is 2.37. The summed E-state index contributed by atoms with van der Waals surface area (Å²) in [6, 6.07) is 7.83. The second-order valence-electron chi connectivity index (χ2n) is 4.33. The van der Waals surface area contributed by atoms with Crippen LogP contribution in [-0.2, 0) is 4.74 Å². The summed E-state index contributed by atoms with van der Waals surface area (Å²) in [7, 11) is 3.36. The molecule has 0 heterocycles. The second-order valence-corrected chi connectivity index (χ2v) is 4.33. The Hall–Kier alpha value is -1.26. The molecule has 1 aromatic rings. The first-order valence-electron chi connectivity index (χ1n) is 5.75. The topological polar surface area (TPSA) is 56.5 Å². The Morgan fingerprint density at radius 1 is 1.29 bits per heavy atom. The number of anilines is 1. The highest BCUT2D eigenvalue weighted by Gasteiger charge is 2.22. The molecule has 0 spiro atoms. The van der Waals surface area contributed by atoms with Crippen molar-refractivity contribution in [2.24, 2.45) is 5.73 Å². The minimum atomic E-state index is -0.190. The van der Waals surface area contributed by atoms with Crippen LogP contribution in [0.5, 0.6) is 5.75 Å². The first-order chi connectivity index (χ1) is 8.15. The molecule has 0 saturated heterocycles. The van der Waals surface area contributed by atoms with Crippen molar-refractivity contribution >= 4 is 5.69 Å². The van der Waals surface area contributed by atoms with Crippen molar-refractivity contribution in [1.29, 1.82) is 0 Å². The van der Waals surface area contributed by atoms with Crippen LogP contribution in [0.15, 0.2) is 24.3 Å². The van der Waals surface area contributed by atoms with Gasteiger partial charge in [0.05, 0.1) is 12.8 Å². The van der Waals surface area contributed by atoms with Crippen LogP contribution in [0, 0.1) is 0 Å². The van der Waals surface area contributed by atoms with Crippen molar-refractivity contribution in [2.45, 2.75) is 18.9 Å². The Bertz CT molecular complexity index is 344. The number of hydrogen-bond acceptors (Lipinski definition) is 4. The van der Waals surface area contributed by atoms with E-state index in [4.69, 9.17) is 15.2 Å². The summed E-state index contributed by atoms with van der Waals surface area (Å²) in [5.74, 6) is 0.824. The maximum absolute atomic E-state index is 5.83. The van der Waals surface area contributed by atoms with E-state index in [0.29, 0.717) is 13.2 Å². The van der Waals surface area contributed by atoms with E-state index in [1.807, 2.05) is 24.3 Å². The van der Waals surface area contributed by atoms with E-state index in [1.165, 1.54) is 0 Å². The number of nitrogens with one attached hydrogen (secondary N) is 1. The van der Waals surface area contributed by atoms with Gasteiger partial charge in [-0.05, 0) is 25.5 Å². The van der Waals surface area contributed by atoms with Crippen molar-refractivity contribution in [3.8, 4) is 5.75 Å². The zero-order chi connectivity index (χ0) is 12.7. The largest absolute Gasteiger partial charge is 0.495 e. The molecule has 17 heavy (non-hydrogen) atoms. The Morgan fingerprint density at radius 3 is 2.59 bits per heavy atom. The monoisotopic (exact) mass is 238 g/mol. The molecule has 0 aromatic heterocycles. The van der Waals surface area contributed by atoms with E-state index in [9.17, 15) is 0 Å². The normalized spacial score (nSPS) is 14.1. The molecule has 1 aromatic carbocycles. The van der Waals surface area contributed by atoms with Gasteiger partial charge in [-0.3, -0.25) is 0 Å². The van der Waals surface area contributed by atoms with Gasteiger partial charge in [-0.1, -0.05) is 12.1 Å². The third-order valence-electron chi connectivity index (χ3n) is 2.85. The van der Waals surface area contributed by atoms with Crippen molar-refractivity contribution < 1.29 is 9.47 Å². The van der Waals surface area contributed by atoms with Gasteiger partial charge in [0.15, 0.2) is 0 Å². The number of hydrogen-bond donors (Lipinski definition) is 2. The van der Waals surface area contributed by atoms with Crippen LogP contribution in [-0.4, -0.2) is 32.9 Å².